The highest BCUT2D eigenvalue weighted by Crippen LogP contribution is 2.12. The van der Waals surface area contributed by atoms with E-state index >= 15 is 0 Å². The fourth-order valence-electron chi connectivity index (χ4n) is 1.71. The second-order valence-electron chi connectivity index (χ2n) is 3.69. The number of nitriles is 1. The molecule has 0 saturated carbocycles. The van der Waals surface area contributed by atoms with Crippen molar-refractivity contribution in [3.63, 3.8) is 0 Å². The molecule has 0 aromatic carbocycles. The average molecular weight is 206 g/mol. The minimum absolute atomic E-state index is 0.551. The lowest BCUT2D eigenvalue weighted by Crippen LogP contribution is -2.04. The zero-order valence-corrected chi connectivity index (χ0v) is 9.45. The molecule has 1 heterocycles. The van der Waals surface area contributed by atoms with E-state index in [1.165, 1.54) is 0 Å². The Labute approximate surface area is 90.7 Å². The van der Waals surface area contributed by atoms with Gasteiger partial charge in [-0.2, -0.15) is 10.4 Å². The van der Waals surface area contributed by atoms with Crippen molar-refractivity contribution in [3.05, 3.63) is 17.0 Å². The largest absolute Gasteiger partial charge is 0.326 e. The summed E-state index contributed by atoms with van der Waals surface area (Å²) >= 11 is 0. The Morgan fingerprint density at radius 3 is 2.67 bits per heavy atom. The van der Waals surface area contributed by atoms with Crippen LogP contribution in [-0.4, -0.2) is 9.78 Å². The molecular weight excluding hydrogens is 188 g/mol. The SMILES string of the molecule is Cc1nn(CCCCC#N)c(C)c1CN. The predicted molar refractivity (Wildman–Crippen MR) is 59.1 cm³/mol. The van der Waals surface area contributed by atoms with Gasteiger partial charge in [-0.15, -0.1) is 0 Å². The van der Waals surface area contributed by atoms with Crippen molar-refractivity contribution < 1.29 is 0 Å². The molecule has 0 aliphatic rings. The highest BCUT2D eigenvalue weighted by molar-refractivity contribution is 5.23. The Kier molecular flexibility index (Phi) is 4.32. The van der Waals surface area contributed by atoms with E-state index in [0.717, 1.165) is 36.3 Å². The zero-order chi connectivity index (χ0) is 11.3. The lowest BCUT2D eigenvalue weighted by atomic mass is 10.2. The number of rotatable bonds is 5. The Morgan fingerprint density at radius 1 is 1.40 bits per heavy atom. The van der Waals surface area contributed by atoms with Gasteiger partial charge in [0.2, 0.25) is 0 Å². The van der Waals surface area contributed by atoms with Gasteiger partial charge in [0.25, 0.3) is 0 Å². The molecule has 1 aromatic heterocycles. The van der Waals surface area contributed by atoms with Crippen LogP contribution in [0.3, 0.4) is 0 Å². The third kappa shape index (κ3) is 2.80. The average Bonchev–Trinajstić information content (AvgIpc) is 2.49. The molecule has 0 aliphatic heterocycles. The van der Waals surface area contributed by atoms with Crippen molar-refractivity contribution in [2.24, 2.45) is 5.73 Å². The minimum Gasteiger partial charge on any atom is -0.326 e. The van der Waals surface area contributed by atoms with Crippen molar-refractivity contribution in [1.82, 2.24) is 9.78 Å². The maximum Gasteiger partial charge on any atom is 0.0641 e. The first-order chi connectivity index (χ1) is 7.20. The van der Waals surface area contributed by atoms with E-state index in [1.54, 1.807) is 0 Å². The van der Waals surface area contributed by atoms with Crippen LogP contribution in [0.2, 0.25) is 0 Å². The lowest BCUT2D eigenvalue weighted by molar-refractivity contribution is 0.546. The molecule has 0 fully saturated rings. The molecule has 4 heteroatoms. The summed E-state index contributed by atoms with van der Waals surface area (Å²) in [5.41, 5.74) is 8.98. The third-order valence-electron chi connectivity index (χ3n) is 2.64. The summed E-state index contributed by atoms with van der Waals surface area (Å²) in [5, 5.41) is 12.8. The van der Waals surface area contributed by atoms with Crippen LogP contribution in [0.25, 0.3) is 0 Å². The predicted octanol–water partition coefficient (Wildman–Crippen LogP) is 1.65. The standard InChI is InChI=1S/C11H18N4/c1-9-11(8-13)10(2)15(14-9)7-5-3-4-6-12/h3-5,7-8,13H2,1-2H3. The molecule has 0 spiro atoms. The number of nitrogens with two attached hydrogens (primary N) is 1. The fraction of sp³-hybridized carbons (Fsp3) is 0.636. The molecule has 0 atom stereocenters. The van der Waals surface area contributed by atoms with Crippen molar-refractivity contribution in [2.45, 2.75) is 46.2 Å². The maximum atomic E-state index is 8.42. The molecule has 4 nitrogen and oxygen atoms in total. The summed E-state index contributed by atoms with van der Waals surface area (Å²) in [7, 11) is 0. The molecule has 2 N–H and O–H groups in total. The third-order valence-corrected chi connectivity index (χ3v) is 2.64. The normalized spacial score (nSPS) is 10.3. The Bertz CT molecular complexity index is 359. The van der Waals surface area contributed by atoms with Crippen LogP contribution in [0.4, 0.5) is 0 Å². The summed E-state index contributed by atoms with van der Waals surface area (Å²) in [5.74, 6) is 0. The smallest absolute Gasteiger partial charge is 0.0641 e. The molecule has 0 radical (unpaired) electrons. The van der Waals surface area contributed by atoms with Gasteiger partial charge in [0.15, 0.2) is 0 Å². The molecule has 0 bridgehead atoms. The molecular formula is C11H18N4. The van der Waals surface area contributed by atoms with Gasteiger partial charge in [-0.25, -0.2) is 0 Å². The Morgan fingerprint density at radius 2 is 2.13 bits per heavy atom. The van der Waals surface area contributed by atoms with E-state index in [2.05, 4.69) is 11.2 Å². The number of hydrogen-bond acceptors (Lipinski definition) is 3. The van der Waals surface area contributed by atoms with Gasteiger partial charge in [0.1, 0.15) is 0 Å². The van der Waals surface area contributed by atoms with Crippen molar-refractivity contribution in [1.29, 1.82) is 5.26 Å². The lowest BCUT2D eigenvalue weighted by Gasteiger charge is -2.03. The number of unbranched alkanes of at least 4 members (excludes halogenated alkanes) is 2. The summed E-state index contributed by atoms with van der Waals surface area (Å²) in [6, 6.07) is 2.15. The molecule has 0 amide bonds. The van der Waals surface area contributed by atoms with E-state index in [9.17, 15) is 0 Å². The van der Waals surface area contributed by atoms with E-state index < -0.39 is 0 Å². The van der Waals surface area contributed by atoms with Crippen LogP contribution in [0.1, 0.15) is 36.2 Å². The molecule has 0 aliphatic carbocycles. The minimum atomic E-state index is 0.551. The van der Waals surface area contributed by atoms with E-state index in [1.807, 2.05) is 18.5 Å². The molecule has 0 unspecified atom stereocenters. The van der Waals surface area contributed by atoms with Crippen LogP contribution in [0.15, 0.2) is 0 Å². The first-order valence-corrected chi connectivity index (χ1v) is 5.30. The van der Waals surface area contributed by atoms with E-state index in [4.69, 9.17) is 11.0 Å². The van der Waals surface area contributed by atoms with E-state index in [-0.39, 0.29) is 0 Å². The van der Waals surface area contributed by atoms with Crippen molar-refractivity contribution >= 4 is 0 Å². The fourth-order valence-corrected chi connectivity index (χ4v) is 1.71. The zero-order valence-electron chi connectivity index (χ0n) is 9.45. The first kappa shape index (κ1) is 11.7. The van der Waals surface area contributed by atoms with Gasteiger partial charge in [0.05, 0.1) is 11.8 Å². The molecule has 1 rings (SSSR count). The van der Waals surface area contributed by atoms with Gasteiger partial charge in [-0.05, 0) is 26.7 Å². The van der Waals surface area contributed by atoms with Gasteiger partial charge in [0, 0.05) is 30.8 Å². The summed E-state index contributed by atoms with van der Waals surface area (Å²) in [4.78, 5) is 0. The van der Waals surface area contributed by atoms with Gasteiger partial charge < -0.3 is 5.73 Å². The van der Waals surface area contributed by atoms with Crippen molar-refractivity contribution in [3.8, 4) is 6.07 Å². The van der Waals surface area contributed by atoms with Crippen LogP contribution >= 0.6 is 0 Å². The summed E-state index contributed by atoms with van der Waals surface area (Å²) in [6.07, 6.45) is 2.56. The van der Waals surface area contributed by atoms with Gasteiger partial charge in [-0.1, -0.05) is 0 Å². The highest BCUT2D eigenvalue weighted by atomic mass is 15.3. The monoisotopic (exact) mass is 206 g/mol. The maximum absolute atomic E-state index is 8.42. The van der Waals surface area contributed by atoms with Crippen LogP contribution in [0, 0.1) is 25.2 Å². The highest BCUT2D eigenvalue weighted by Gasteiger charge is 2.08. The molecule has 0 saturated heterocycles. The number of nitrogens with zero attached hydrogens (tertiary/aromatic N) is 3. The first-order valence-electron chi connectivity index (χ1n) is 5.30. The second kappa shape index (κ2) is 5.52. The second-order valence-corrected chi connectivity index (χ2v) is 3.69. The van der Waals surface area contributed by atoms with Gasteiger partial charge >= 0.3 is 0 Å². The van der Waals surface area contributed by atoms with Crippen LogP contribution in [0.5, 0.6) is 0 Å². The van der Waals surface area contributed by atoms with Crippen molar-refractivity contribution in [2.75, 3.05) is 0 Å². The number of hydrogen-bond donors (Lipinski definition) is 1. The van der Waals surface area contributed by atoms with Crippen LogP contribution in [-0.2, 0) is 13.1 Å². The number of aryl methyl sites for hydroxylation is 2. The molecule has 82 valence electrons. The van der Waals surface area contributed by atoms with E-state index in [0.29, 0.717) is 13.0 Å². The topological polar surface area (TPSA) is 67.6 Å². The molecule has 1 aromatic rings. The Balaban J connectivity index is 2.59. The Hall–Kier alpha value is -1.34. The summed E-state index contributed by atoms with van der Waals surface area (Å²) < 4.78 is 1.99. The number of aromatic nitrogens is 2. The van der Waals surface area contributed by atoms with Gasteiger partial charge in [-0.3, -0.25) is 4.68 Å². The quantitative estimate of drug-likeness (QED) is 0.745. The molecule has 15 heavy (non-hydrogen) atoms. The van der Waals surface area contributed by atoms with Crippen LogP contribution < -0.4 is 5.73 Å². The summed E-state index contributed by atoms with van der Waals surface area (Å²) in [6.45, 7) is 5.47.